The molecule has 0 aliphatic carbocycles. The molecule has 1 saturated heterocycles. The van der Waals surface area contributed by atoms with Gasteiger partial charge >= 0.3 is 5.97 Å². The molecule has 1 atom stereocenters. The number of anilines is 2. The van der Waals surface area contributed by atoms with E-state index in [-0.39, 0.29) is 24.8 Å². The summed E-state index contributed by atoms with van der Waals surface area (Å²) in [6.07, 6.45) is 0.822. The number of carbonyl (C=O) groups is 4. The zero-order valence-corrected chi connectivity index (χ0v) is 17.5. The maximum absolute atomic E-state index is 12.5. The lowest BCUT2D eigenvalue weighted by atomic mass is 10.1. The van der Waals surface area contributed by atoms with E-state index < -0.39 is 24.4 Å². The van der Waals surface area contributed by atoms with Crippen molar-refractivity contribution in [2.75, 3.05) is 30.4 Å². The molecule has 31 heavy (non-hydrogen) atoms. The highest BCUT2D eigenvalue weighted by Crippen LogP contribution is 2.29. The monoisotopic (exact) mass is 423 g/mol. The summed E-state index contributed by atoms with van der Waals surface area (Å²) in [5.74, 6) is -2.15. The second kappa shape index (κ2) is 9.88. The summed E-state index contributed by atoms with van der Waals surface area (Å²) >= 11 is 0. The van der Waals surface area contributed by atoms with Crippen molar-refractivity contribution in [1.82, 2.24) is 5.32 Å². The minimum atomic E-state index is -0.623. The Morgan fingerprint density at radius 3 is 2.65 bits per heavy atom. The Balaban J connectivity index is 1.55. The lowest BCUT2D eigenvalue weighted by Crippen LogP contribution is -2.28. The van der Waals surface area contributed by atoms with Gasteiger partial charge in [0.1, 0.15) is 0 Å². The third kappa shape index (κ3) is 5.28. The summed E-state index contributed by atoms with van der Waals surface area (Å²) in [5, 5.41) is 5.10. The van der Waals surface area contributed by atoms with Crippen LogP contribution in [0.5, 0.6) is 0 Å². The van der Waals surface area contributed by atoms with Crippen molar-refractivity contribution in [3.05, 3.63) is 59.7 Å². The topological polar surface area (TPSA) is 105 Å². The molecule has 1 fully saturated rings. The van der Waals surface area contributed by atoms with Crippen LogP contribution in [0, 0.1) is 5.92 Å². The fourth-order valence-electron chi connectivity index (χ4n) is 3.51. The van der Waals surface area contributed by atoms with Gasteiger partial charge in [-0.05, 0) is 36.2 Å². The SMILES string of the molecule is CCc1ccccc1N1C[C@H](C(=O)OCC(=O)Nc2cccc(C(=O)NC)c2)CC1=O. The number of amides is 3. The molecule has 8 nitrogen and oxygen atoms in total. The van der Waals surface area contributed by atoms with Gasteiger partial charge in [0, 0.05) is 37.0 Å². The highest BCUT2D eigenvalue weighted by atomic mass is 16.5. The van der Waals surface area contributed by atoms with Gasteiger partial charge in [-0.3, -0.25) is 19.2 Å². The first-order valence-corrected chi connectivity index (χ1v) is 10.1. The fraction of sp³-hybridized carbons (Fsp3) is 0.304. The summed E-state index contributed by atoms with van der Waals surface area (Å²) in [5.41, 5.74) is 2.65. The second-order valence-electron chi connectivity index (χ2n) is 7.20. The number of nitrogens with zero attached hydrogens (tertiary/aromatic N) is 1. The van der Waals surface area contributed by atoms with Crippen molar-refractivity contribution in [3.8, 4) is 0 Å². The number of esters is 1. The molecule has 3 amide bonds. The molecule has 2 N–H and O–H groups in total. The molecule has 0 aromatic heterocycles. The van der Waals surface area contributed by atoms with E-state index in [0.717, 1.165) is 17.7 Å². The van der Waals surface area contributed by atoms with Gasteiger partial charge in [-0.15, -0.1) is 0 Å². The van der Waals surface area contributed by atoms with Gasteiger partial charge in [0.25, 0.3) is 11.8 Å². The molecule has 1 aliphatic heterocycles. The minimum Gasteiger partial charge on any atom is -0.455 e. The maximum atomic E-state index is 12.5. The number of carbonyl (C=O) groups excluding carboxylic acids is 4. The van der Waals surface area contributed by atoms with Crippen LogP contribution in [0.3, 0.4) is 0 Å². The van der Waals surface area contributed by atoms with E-state index in [2.05, 4.69) is 10.6 Å². The van der Waals surface area contributed by atoms with Crippen LogP contribution >= 0.6 is 0 Å². The molecule has 3 rings (SSSR count). The number of para-hydroxylation sites is 1. The van der Waals surface area contributed by atoms with Crippen LogP contribution in [-0.2, 0) is 25.5 Å². The molecule has 162 valence electrons. The molecule has 1 heterocycles. The molecule has 0 bridgehead atoms. The Labute approximate surface area is 180 Å². The summed E-state index contributed by atoms with van der Waals surface area (Å²) in [4.78, 5) is 50.3. The molecule has 0 unspecified atom stereocenters. The van der Waals surface area contributed by atoms with Crippen LogP contribution in [0.1, 0.15) is 29.3 Å². The van der Waals surface area contributed by atoms with Crippen molar-refractivity contribution >= 4 is 35.1 Å². The smallest absolute Gasteiger partial charge is 0.311 e. The van der Waals surface area contributed by atoms with Crippen LogP contribution in [0.2, 0.25) is 0 Å². The fourth-order valence-corrected chi connectivity index (χ4v) is 3.51. The van der Waals surface area contributed by atoms with E-state index in [9.17, 15) is 19.2 Å². The first-order valence-electron chi connectivity index (χ1n) is 10.1. The van der Waals surface area contributed by atoms with Gasteiger partial charge in [0.2, 0.25) is 5.91 Å². The number of ether oxygens (including phenoxy) is 1. The van der Waals surface area contributed by atoms with Crippen LogP contribution in [-0.4, -0.2) is 43.9 Å². The zero-order chi connectivity index (χ0) is 22.4. The predicted molar refractivity (Wildman–Crippen MR) is 116 cm³/mol. The summed E-state index contributed by atoms with van der Waals surface area (Å²) < 4.78 is 5.14. The second-order valence-corrected chi connectivity index (χ2v) is 7.20. The zero-order valence-electron chi connectivity index (χ0n) is 17.5. The largest absolute Gasteiger partial charge is 0.455 e. The minimum absolute atomic E-state index is 0.0483. The first kappa shape index (κ1) is 22.0. The number of hydrogen-bond acceptors (Lipinski definition) is 5. The van der Waals surface area contributed by atoms with E-state index >= 15 is 0 Å². The average molecular weight is 423 g/mol. The molecule has 2 aromatic carbocycles. The lowest BCUT2D eigenvalue weighted by molar-refractivity contribution is -0.151. The number of benzene rings is 2. The maximum Gasteiger partial charge on any atom is 0.311 e. The van der Waals surface area contributed by atoms with Gasteiger partial charge in [0.15, 0.2) is 6.61 Å². The van der Waals surface area contributed by atoms with Crippen molar-refractivity contribution in [2.45, 2.75) is 19.8 Å². The predicted octanol–water partition coefficient (Wildman–Crippen LogP) is 2.14. The average Bonchev–Trinajstić information content (AvgIpc) is 3.18. The van der Waals surface area contributed by atoms with Gasteiger partial charge in [-0.1, -0.05) is 31.2 Å². The Morgan fingerprint density at radius 1 is 1.13 bits per heavy atom. The van der Waals surface area contributed by atoms with Crippen LogP contribution in [0.4, 0.5) is 11.4 Å². The quantitative estimate of drug-likeness (QED) is 0.664. The van der Waals surface area contributed by atoms with E-state index in [1.54, 1.807) is 23.1 Å². The highest BCUT2D eigenvalue weighted by molar-refractivity contribution is 6.01. The van der Waals surface area contributed by atoms with Crippen molar-refractivity contribution in [2.24, 2.45) is 5.92 Å². The summed E-state index contributed by atoms with van der Waals surface area (Å²) in [6, 6.07) is 14.0. The molecule has 0 radical (unpaired) electrons. The van der Waals surface area contributed by atoms with Crippen LogP contribution in [0.25, 0.3) is 0 Å². The molecule has 2 aromatic rings. The Hall–Kier alpha value is -3.68. The van der Waals surface area contributed by atoms with Gasteiger partial charge < -0.3 is 20.3 Å². The Bertz CT molecular complexity index is 1000. The van der Waals surface area contributed by atoms with E-state index in [1.807, 2.05) is 31.2 Å². The lowest BCUT2D eigenvalue weighted by Gasteiger charge is -2.19. The highest BCUT2D eigenvalue weighted by Gasteiger charge is 2.37. The third-order valence-electron chi connectivity index (χ3n) is 5.10. The summed E-state index contributed by atoms with van der Waals surface area (Å²) in [6.45, 7) is 1.76. The normalized spacial score (nSPS) is 15.5. The Morgan fingerprint density at radius 2 is 1.90 bits per heavy atom. The van der Waals surface area contributed by atoms with E-state index in [4.69, 9.17) is 4.74 Å². The molecule has 0 spiro atoms. The molecular weight excluding hydrogens is 398 g/mol. The number of aryl methyl sites for hydroxylation is 1. The van der Waals surface area contributed by atoms with Gasteiger partial charge in [0.05, 0.1) is 5.92 Å². The third-order valence-corrected chi connectivity index (χ3v) is 5.10. The van der Waals surface area contributed by atoms with Crippen molar-refractivity contribution in [3.63, 3.8) is 0 Å². The number of rotatable bonds is 7. The van der Waals surface area contributed by atoms with Crippen LogP contribution < -0.4 is 15.5 Å². The number of nitrogens with one attached hydrogen (secondary N) is 2. The number of hydrogen-bond donors (Lipinski definition) is 2. The van der Waals surface area contributed by atoms with Crippen molar-refractivity contribution in [1.29, 1.82) is 0 Å². The molecule has 8 heteroatoms. The Kier molecular flexibility index (Phi) is 7.02. The summed E-state index contributed by atoms with van der Waals surface area (Å²) in [7, 11) is 1.52. The van der Waals surface area contributed by atoms with Gasteiger partial charge in [-0.25, -0.2) is 0 Å². The first-order chi connectivity index (χ1) is 14.9. The molecular formula is C23H25N3O5. The molecule has 0 saturated carbocycles. The van der Waals surface area contributed by atoms with Crippen molar-refractivity contribution < 1.29 is 23.9 Å². The van der Waals surface area contributed by atoms with Crippen LogP contribution in [0.15, 0.2) is 48.5 Å². The van der Waals surface area contributed by atoms with E-state index in [1.165, 1.54) is 13.1 Å². The van der Waals surface area contributed by atoms with Gasteiger partial charge in [-0.2, -0.15) is 0 Å². The molecule has 1 aliphatic rings. The standard InChI is InChI=1S/C23H25N3O5/c1-3-15-7-4-5-10-19(15)26-13-17(12-21(26)28)23(30)31-14-20(27)25-18-9-6-8-16(11-18)22(29)24-2/h4-11,17H,3,12-14H2,1-2H3,(H,24,29)(H,25,27)/t17-/m1/s1. The van der Waals surface area contributed by atoms with E-state index in [0.29, 0.717) is 11.3 Å².